The van der Waals surface area contributed by atoms with E-state index in [4.69, 9.17) is 0 Å². The fraction of sp³-hybridized carbons (Fsp3) is 0.800. The number of hydrogen-bond acceptors (Lipinski definition) is 0. The minimum atomic E-state index is 0. The van der Waals surface area contributed by atoms with Crippen LogP contribution in [0.1, 0.15) is 41.5 Å². The summed E-state index contributed by atoms with van der Waals surface area (Å²) in [5, 5.41) is 0.917. The molecular weight excluding hydrogens is 269 g/mol. The summed E-state index contributed by atoms with van der Waals surface area (Å²) in [6, 6.07) is 0. The van der Waals surface area contributed by atoms with E-state index in [1.807, 2.05) is 0 Å². The van der Waals surface area contributed by atoms with E-state index >= 15 is 0 Å². The molecule has 0 fully saturated rings. The third-order valence-electron chi connectivity index (χ3n) is 1.06. The molecule has 0 saturated carbocycles. The van der Waals surface area contributed by atoms with E-state index in [0.29, 0.717) is 10.1 Å². The van der Waals surface area contributed by atoms with Crippen molar-refractivity contribution in [2.45, 2.75) is 51.6 Å². The van der Waals surface area contributed by atoms with Crippen molar-refractivity contribution >= 4 is 19.0 Å². The molecule has 0 rings (SSSR count). The SMILES string of the molecule is [CH2-][Si]C(C)(C)C.[CH2-][Si]C(C)(C)C.[Nb+2]. The van der Waals surface area contributed by atoms with E-state index in [1.54, 1.807) is 0 Å². The van der Waals surface area contributed by atoms with Gasteiger partial charge >= 0.3 is 22.4 Å². The zero-order valence-corrected chi connectivity index (χ0v) is 14.1. The normalized spacial score (nSPS) is 11.1. The molecule has 0 N–H and O–H groups in total. The van der Waals surface area contributed by atoms with E-state index < -0.39 is 0 Å². The molecule has 0 amide bonds. The van der Waals surface area contributed by atoms with Gasteiger partial charge in [0.05, 0.1) is 0 Å². The van der Waals surface area contributed by atoms with Gasteiger partial charge in [0.15, 0.2) is 0 Å². The second-order valence-corrected chi connectivity index (χ2v) is 8.56. The maximum absolute atomic E-state index is 3.78. The Morgan fingerprint density at radius 2 is 0.769 bits per heavy atom. The second-order valence-electron chi connectivity index (χ2n) is 4.85. The molecule has 75 valence electrons. The Bertz CT molecular complexity index is 86.5. The van der Waals surface area contributed by atoms with Gasteiger partial charge in [-0.3, -0.25) is 0 Å². The van der Waals surface area contributed by atoms with Crippen LogP contribution in [0, 0.1) is 13.1 Å². The minimum absolute atomic E-state index is 0. The van der Waals surface area contributed by atoms with Crippen LogP contribution in [0.5, 0.6) is 0 Å². The van der Waals surface area contributed by atoms with Crippen molar-refractivity contribution in [2.24, 2.45) is 0 Å². The second kappa shape index (κ2) is 8.48. The summed E-state index contributed by atoms with van der Waals surface area (Å²) in [4.78, 5) is 0. The minimum Gasteiger partial charge on any atom is -0.349 e. The van der Waals surface area contributed by atoms with Crippen molar-refractivity contribution in [1.82, 2.24) is 0 Å². The summed E-state index contributed by atoms with van der Waals surface area (Å²) in [5.41, 5.74) is 0. The molecule has 0 aliphatic rings. The quantitative estimate of drug-likeness (QED) is 0.474. The molecular formula is C10H22NbSi2. The van der Waals surface area contributed by atoms with Gasteiger partial charge in [-0.15, -0.1) is 0 Å². The van der Waals surface area contributed by atoms with Crippen molar-refractivity contribution in [2.75, 3.05) is 0 Å². The Kier molecular flexibility index (Phi) is 12.9. The van der Waals surface area contributed by atoms with Gasteiger partial charge in [-0.25, -0.2) is 0 Å². The molecule has 0 spiro atoms. The summed E-state index contributed by atoms with van der Waals surface area (Å²) in [6.07, 6.45) is 0. The van der Waals surface area contributed by atoms with E-state index in [0.717, 1.165) is 19.0 Å². The summed E-state index contributed by atoms with van der Waals surface area (Å²) in [7, 11) is 1.63. The van der Waals surface area contributed by atoms with Crippen molar-refractivity contribution in [3.8, 4) is 0 Å². The van der Waals surface area contributed by atoms with E-state index in [1.165, 1.54) is 0 Å². The smallest absolute Gasteiger partial charge is 0.349 e. The third-order valence-corrected chi connectivity index (χ3v) is 3.18. The maximum atomic E-state index is 3.78. The van der Waals surface area contributed by atoms with Crippen LogP contribution in [0.25, 0.3) is 0 Å². The van der Waals surface area contributed by atoms with Crippen LogP contribution in [-0.2, 0) is 22.4 Å². The van der Waals surface area contributed by atoms with Gasteiger partial charge < -0.3 is 13.1 Å². The standard InChI is InChI=1S/2C5H11Si.Nb/c2*1-5(2,3)6-4;/h2*4H2,1-3H3;/q2*-1;+2. The van der Waals surface area contributed by atoms with Crippen LogP contribution in [0.3, 0.4) is 0 Å². The van der Waals surface area contributed by atoms with Crippen LogP contribution in [0.15, 0.2) is 0 Å². The van der Waals surface area contributed by atoms with Gasteiger partial charge in [-0.1, -0.05) is 51.6 Å². The first-order valence-corrected chi connectivity index (χ1v) is 6.62. The Hall–Kier alpha value is 1.17. The van der Waals surface area contributed by atoms with E-state index in [-0.39, 0.29) is 22.4 Å². The first kappa shape index (κ1) is 19.7. The van der Waals surface area contributed by atoms with Crippen molar-refractivity contribution < 1.29 is 22.4 Å². The summed E-state index contributed by atoms with van der Waals surface area (Å²) >= 11 is 0. The van der Waals surface area contributed by atoms with Crippen LogP contribution >= 0.6 is 0 Å². The Balaban J connectivity index is -0.000000143. The molecule has 3 heteroatoms. The Labute approximate surface area is 106 Å². The summed E-state index contributed by atoms with van der Waals surface area (Å²) in [6.45, 7) is 20.7. The van der Waals surface area contributed by atoms with Crippen LogP contribution in [0.2, 0.25) is 10.1 Å². The van der Waals surface area contributed by atoms with Gasteiger partial charge in [0.1, 0.15) is 0 Å². The average Bonchev–Trinajstić information content (AvgIpc) is 1.86. The van der Waals surface area contributed by atoms with E-state index in [2.05, 4.69) is 54.6 Å². The Morgan fingerprint density at radius 1 is 0.692 bits per heavy atom. The zero-order chi connectivity index (χ0) is 10.4. The molecule has 0 bridgehead atoms. The molecule has 0 nitrogen and oxygen atoms in total. The zero-order valence-electron chi connectivity index (χ0n) is 9.86. The van der Waals surface area contributed by atoms with E-state index in [9.17, 15) is 0 Å². The maximum Gasteiger partial charge on any atom is 2.00 e. The monoisotopic (exact) mass is 291 g/mol. The number of rotatable bonds is 0. The van der Waals surface area contributed by atoms with Gasteiger partial charge in [0.2, 0.25) is 0 Å². The molecule has 5 radical (unpaired) electrons. The van der Waals surface area contributed by atoms with Crippen LogP contribution < -0.4 is 0 Å². The molecule has 0 unspecified atom stereocenters. The van der Waals surface area contributed by atoms with Crippen molar-refractivity contribution in [3.05, 3.63) is 13.1 Å². The molecule has 0 aliphatic heterocycles. The molecule has 0 aromatic heterocycles. The predicted molar refractivity (Wildman–Crippen MR) is 61.7 cm³/mol. The van der Waals surface area contributed by atoms with Gasteiger partial charge in [-0.05, 0) is 0 Å². The fourth-order valence-corrected chi connectivity index (χ4v) is 0. The van der Waals surface area contributed by atoms with Gasteiger partial charge in [0, 0.05) is 0 Å². The molecule has 0 aromatic rings. The molecule has 0 saturated heterocycles. The predicted octanol–water partition coefficient (Wildman–Crippen LogP) is 3.40. The summed E-state index contributed by atoms with van der Waals surface area (Å²) < 4.78 is 0. The third kappa shape index (κ3) is 32.0. The Morgan fingerprint density at radius 3 is 0.769 bits per heavy atom. The number of hydrogen-bond donors (Lipinski definition) is 0. The van der Waals surface area contributed by atoms with Crippen molar-refractivity contribution in [1.29, 1.82) is 0 Å². The first-order chi connectivity index (χ1) is 5.12. The van der Waals surface area contributed by atoms with Crippen molar-refractivity contribution in [3.63, 3.8) is 0 Å². The average molecular weight is 291 g/mol. The molecule has 0 heterocycles. The van der Waals surface area contributed by atoms with Gasteiger partial charge in [-0.2, -0.15) is 19.0 Å². The first-order valence-electron chi connectivity index (χ1n) is 4.21. The fourth-order valence-electron chi connectivity index (χ4n) is 0. The molecule has 0 aromatic carbocycles. The molecule has 0 aliphatic carbocycles. The van der Waals surface area contributed by atoms with Crippen LogP contribution in [0.4, 0.5) is 0 Å². The van der Waals surface area contributed by atoms with Crippen LogP contribution in [-0.4, -0.2) is 19.0 Å². The van der Waals surface area contributed by atoms with Gasteiger partial charge in [0.25, 0.3) is 0 Å². The molecule has 0 atom stereocenters. The molecule has 13 heavy (non-hydrogen) atoms. The largest absolute Gasteiger partial charge is 2.00 e. The topological polar surface area (TPSA) is 0 Å². The summed E-state index contributed by atoms with van der Waals surface area (Å²) in [5.74, 6) is 0.